The van der Waals surface area contributed by atoms with E-state index in [2.05, 4.69) is 15.6 Å². The highest BCUT2D eigenvalue weighted by molar-refractivity contribution is 7.14. The molecule has 6 rings (SSSR count). The maximum atomic E-state index is 13.4. The molecule has 4 aliphatic rings. The number of hydrogen-bond donors (Lipinski definition) is 2. The standard InChI is InChI=1S/C21H25N3O3S/c1-12-3-4-17(27-12)16-10-28-19(22-16)23-18(26)20-6-14-5-15(7-20)9-21(8-14,11-20)24-13(2)25/h3-4,10,14-15H,5-9,11H2,1-2H3,(H,24,25)(H,22,23,26)/t14-,15+,20?,21?. The van der Waals surface area contributed by atoms with Crippen molar-refractivity contribution in [1.29, 1.82) is 0 Å². The molecule has 0 aliphatic heterocycles. The van der Waals surface area contributed by atoms with Crippen molar-refractivity contribution < 1.29 is 14.0 Å². The van der Waals surface area contributed by atoms with Gasteiger partial charge in [-0.05, 0) is 69.4 Å². The number of hydrogen-bond acceptors (Lipinski definition) is 5. The van der Waals surface area contributed by atoms with Gasteiger partial charge in [-0.2, -0.15) is 0 Å². The summed E-state index contributed by atoms with van der Waals surface area (Å²) in [5, 5.41) is 8.81. The predicted octanol–water partition coefficient (Wildman–Crippen LogP) is 4.13. The zero-order valence-electron chi connectivity index (χ0n) is 16.2. The lowest BCUT2D eigenvalue weighted by molar-refractivity contribution is -0.148. The lowest BCUT2D eigenvalue weighted by atomic mass is 9.46. The molecule has 2 aromatic rings. The van der Waals surface area contributed by atoms with Crippen LogP contribution < -0.4 is 10.6 Å². The average Bonchev–Trinajstić information content (AvgIpc) is 3.21. The van der Waals surface area contributed by atoms with Gasteiger partial charge >= 0.3 is 0 Å². The summed E-state index contributed by atoms with van der Waals surface area (Å²) in [4.78, 5) is 29.7. The van der Waals surface area contributed by atoms with Gasteiger partial charge in [-0.25, -0.2) is 4.98 Å². The van der Waals surface area contributed by atoms with Crippen LogP contribution in [0.25, 0.3) is 11.5 Å². The van der Waals surface area contributed by atoms with Gasteiger partial charge < -0.3 is 15.1 Å². The molecule has 7 heteroatoms. The summed E-state index contributed by atoms with van der Waals surface area (Å²) < 4.78 is 5.63. The molecule has 4 saturated carbocycles. The molecule has 4 fully saturated rings. The molecule has 0 spiro atoms. The molecule has 0 saturated heterocycles. The summed E-state index contributed by atoms with van der Waals surface area (Å²) in [6.07, 6.45) is 5.80. The molecule has 2 aromatic heterocycles. The first-order valence-corrected chi connectivity index (χ1v) is 10.9. The Hall–Kier alpha value is -2.15. The second-order valence-electron chi connectivity index (χ2n) is 9.11. The number of nitrogens with zero attached hydrogens (tertiary/aromatic N) is 1. The molecule has 2 N–H and O–H groups in total. The number of carbonyl (C=O) groups is 2. The first kappa shape index (κ1) is 17.9. The highest BCUT2D eigenvalue weighted by Gasteiger charge is 2.60. The van der Waals surface area contributed by atoms with Crippen LogP contribution in [0.3, 0.4) is 0 Å². The highest BCUT2D eigenvalue weighted by atomic mass is 32.1. The molecule has 6 nitrogen and oxygen atoms in total. The minimum Gasteiger partial charge on any atom is -0.460 e. The fourth-order valence-corrected chi connectivity index (χ4v) is 6.99. The van der Waals surface area contributed by atoms with Gasteiger partial charge in [0.1, 0.15) is 11.5 Å². The molecule has 4 atom stereocenters. The van der Waals surface area contributed by atoms with E-state index in [9.17, 15) is 9.59 Å². The number of anilines is 1. The van der Waals surface area contributed by atoms with Crippen molar-refractivity contribution in [2.24, 2.45) is 17.3 Å². The van der Waals surface area contributed by atoms with Crippen LogP contribution in [0.15, 0.2) is 21.9 Å². The monoisotopic (exact) mass is 399 g/mol. The molecule has 2 unspecified atom stereocenters. The smallest absolute Gasteiger partial charge is 0.232 e. The minimum atomic E-state index is -0.389. The zero-order valence-corrected chi connectivity index (χ0v) is 17.0. The van der Waals surface area contributed by atoms with Crippen molar-refractivity contribution in [1.82, 2.24) is 10.3 Å². The first-order chi connectivity index (χ1) is 13.3. The molecular formula is C21H25N3O3S. The summed E-state index contributed by atoms with van der Waals surface area (Å²) in [5.41, 5.74) is 0.153. The summed E-state index contributed by atoms with van der Waals surface area (Å²) in [7, 11) is 0. The normalized spacial score (nSPS) is 33.1. The van der Waals surface area contributed by atoms with Gasteiger partial charge in [0.15, 0.2) is 10.9 Å². The number of furan rings is 1. The third-order valence-electron chi connectivity index (χ3n) is 6.70. The van der Waals surface area contributed by atoms with Gasteiger partial charge in [0.25, 0.3) is 0 Å². The van der Waals surface area contributed by atoms with E-state index < -0.39 is 0 Å². The number of carbonyl (C=O) groups excluding carboxylic acids is 2. The lowest BCUT2D eigenvalue weighted by Gasteiger charge is -2.61. The molecule has 0 radical (unpaired) electrons. The van der Waals surface area contributed by atoms with Crippen LogP contribution >= 0.6 is 11.3 Å². The number of thiazole rings is 1. The van der Waals surface area contributed by atoms with Crippen LogP contribution in [0.5, 0.6) is 0 Å². The van der Waals surface area contributed by atoms with Crippen LogP contribution in [0.4, 0.5) is 5.13 Å². The van der Waals surface area contributed by atoms with Gasteiger partial charge in [0.2, 0.25) is 11.8 Å². The van der Waals surface area contributed by atoms with Crippen LogP contribution in [0.1, 0.15) is 51.2 Å². The average molecular weight is 400 g/mol. The van der Waals surface area contributed by atoms with Gasteiger partial charge in [0, 0.05) is 17.8 Å². The van der Waals surface area contributed by atoms with E-state index in [4.69, 9.17) is 4.42 Å². The largest absolute Gasteiger partial charge is 0.460 e. The Kier molecular flexibility index (Phi) is 3.95. The fourth-order valence-electron chi connectivity index (χ4n) is 6.29. The Morgan fingerprint density at radius 2 is 1.96 bits per heavy atom. The molecule has 2 heterocycles. The van der Waals surface area contributed by atoms with E-state index >= 15 is 0 Å². The number of aryl methyl sites for hydroxylation is 1. The van der Waals surface area contributed by atoms with Crippen LogP contribution in [-0.2, 0) is 9.59 Å². The van der Waals surface area contributed by atoms with Crippen molar-refractivity contribution in [3.8, 4) is 11.5 Å². The Bertz CT molecular complexity index is 932. The van der Waals surface area contributed by atoms with E-state index in [1.54, 1.807) is 6.92 Å². The number of amides is 2. The third kappa shape index (κ3) is 2.96. The third-order valence-corrected chi connectivity index (χ3v) is 7.46. The van der Waals surface area contributed by atoms with Crippen LogP contribution in [-0.4, -0.2) is 22.3 Å². The topological polar surface area (TPSA) is 84.2 Å². The van der Waals surface area contributed by atoms with Crippen molar-refractivity contribution >= 4 is 28.3 Å². The molecule has 148 valence electrons. The molecular weight excluding hydrogens is 374 g/mol. The maximum Gasteiger partial charge on any atom is 0.232 e. The molecule has 4 aliphatic carbocycles. The molecule has 28 heavy (non-hydrogen) atoms. The van der Waals surface area contributed by atoms with E-state index in [0.717, 1.165) is 43.6 Å². The van der Waals surface area contributed by atoms with Crippen molar-refractivity contribution in [3.05, 3.63) is 23.3 Å². The van der Waals surface area contributed by atoms with Gasteiger partial charge in [-0.15, -0.1) is 11.3 Å². The summed E-state index contributed by atoms with van der Waals surface area (Å²) in [6.45, 7) is 3.48. The Morgan fingerprint density at radius 1 is 1.21 bits per heavy atom. The first-order valence-electron chi connectivity index (χ1n) is 9.97. The maximum absolute atomic E-state index is 13.4. The number of aromatic nitrogens is 1. The zero-order chi connectivity index (χ0) is 19.5. The second kappa shape index (κ2) is 6.17. The summed E-state index contributed by atoms with van der Waals surface area (Å²) in [6, 6.07) is 3.80. The van der Waals surface area contributed by atoms with Gasteiger partial charge in [-0.1, -0.05) is 0 Å². The molecule has 4 bridgehead atoms. The van der Waals surface area contributed by atoms with Crippen molar-refractivity contribution in [2.75, 3.05) is 5.32 Å². The van der Waals surface area contributed by atoms with Crippen molar-refractivity contribution in [3.63, 3.8) is 0 Å². The van der Waals surface area contributed by atoms with Crippen LogP contribution in [0, 0.1) is 24.2 Å². The predicted molar refractivity (Wildman–Crippen MR) is 107 cm³/mol. The van der Waals surface area contributed by atoms with E-state index in [1.165, 1.54) is 17.8 Å². The highest BCUT2D eigenvalue weighted by Crippen LogP contribution is 2.62. The fraction of sp³-hybridized carbons (Fsp3) is 0.571. The summed E-state index contributed by atoms with van der Waals surface area (Å²) >= 11 is 1.42. The minimum absolute atomic E-state index is 0.0100. The van der Waals surface area contributed by atoms with Gasteiger partial charge in [0.05, 0.1) is 5.41 Å². The number of nitrogens with one attached hydrogen (secondary N) is 2. The van der Waals surface area contributed by atoms with Crippen LogP contribution in [0.2, 0.25) is 0 Å². The second-order valence-corrected chi connectivity index (χ2v) is 9.96. The quantitative estimate of drug-likeness (QED) is 0.810. The van der Waals surface area contributed by atoms with E-state index in [1.807, 2.05) is 24.4 Å². The van der Waals surface area contributed by atoms with Crippen molar-refractivity contribution in [2.45, 2.75) is 57.9 Å². The molecule has 0 aromatic carbocycles. The number of rotatable bonds is 4. The Labute approximate surface area is 168 Å². The van der Waals surface area contributed by atoms with Gasteiger partial charge in [-0.3, -0.25) is 9.59 Å². The lowest BCUT2D eigenvalue weighted by Crippen LogP contribution is -2.65. The molecule has 2 amide bonds. The Balaban J connectivity index is 1.37. The van der Waals surface area contributed by atoms with E-state index in [0.29, 0.717) is 22.7 Å². The van der Waals surface area contributed by atoms with E-state index in [-0.39, 0.29) is 22.8 Å². The Morgan fingerprint density at radius 3 is 2.61 bits per heavy atom. The SMILES string of the molecule is CC(=O)NC12C[C@H]3C[C@@H](C1)CC(C(=O)Nc1nc(-c4ccc(C)o4)cs1)(C3)C2. The summed E-state index contributed by atoms with van der Waals surface area (Å²) in [5.74, 6) is 2.68.